The molecule has 0 atom stereocenters. The number of aromatic nitrogens is 5. The lowest BCUT2D eigenvalue weighted by Gasteiger charge is -2.40. The third-order valence-electron chi connectivity index (χ3n) is 5.89. The van der Waals surface area contributed by atoms with E-state index < -0.39 is 6.43 Å². The number of halogens is 2. The number of nitrogens with one attached hydrogen (secondary N) is 1. The second kappa shape index (κ2) is 9.29. The summed E-state index contributed by atoms with van der Waals surface area (Å²) < 4.78 is 38.0. The van der Waals surface area contributed by atoms with Gasteiger partial charge in [-0.15, -0.1) is 15.3 Å². The van der Waals surface area contributed by atoms with Crippen molar-refractivity contribution in [2.45, 2.75) is 26.0 Å². The maximum Gasteiger partial charge on any atom is 0.263 e. The fourth-order valence-corrected chi connectivity index (χ4v) is 3.68. The number of carbonyl (C=O) groups excluding carboxylic acids is 1. The standard InChI is InChI=1S/C22H23F2N7O3/c1-13-18(31(29-26-13)17-4-2-14(3-5-17)21(23)24)12-34-20-7-6-19(27-28-20)30-8-15(9-30)22(32)25-16-10-33-11-16/h2-7,15-16,21H,8-12H2,1H3,(H,25,32). The first-order chi connectivity index (χ1) is 16.5. The van der Waals surface area contributed by atoms with Crippen LogP contribution in [0, 0.1) is 12.8 Å². The minimum Gasteiger partial charge on any atom is -0.470 e. The normalized spacial score (nSPS) is 16.3. The van der Waals surface area contributed by atoms with Crippen molar-refractivity contribution < 1.29 is 23.0 Å². The first-order valence-corrected chi connectivity index (χ1v) is 10.9. The molecule has 178 valence electrons. The van der Waals surface area contributed by atoms with Gasteiger partial charge in [-0.2, -0.15) is 0 Å². The third kappa shape index (κ3) is 4.53. The Bertz CT molecular complexity index is 1140. The number of benzene rings is 1. The molecule has 2 saturated heterocycles. The molecule has 1 aromatic carbocycles. The molecule has 0 aliphatic carbocycles. The Hall–Kier alpha value is -3.67. The highest BCUT2D eigenvalue weighted by atomic mass is 19.3. The van der Waals surface area contributed by atoms with E-state index in [1.807, 2.05) is 4.90 Å². The van der Waals surface area contributed by atoms with E-state index in [0.717, 1.165) is 0 Å². The van der Waals surface area contributed by atoms with Crippen LogP contribution in [-0.2, 0) is 16.1 Å². The highest BCUT2D eigenvalue weighted by Crippen LogP contribution is 2.25. The van der Waals surface area contributed by atoms with Crippen molar-refractivity contribution in [3.63, 3.8) is 0 Å². The van der Waals surface area contributed by atoms with Crippen molar-refractivity contribution in [1.29, 1.82) is 0 Å². The Kier molecular flexibility index (Phi) is 6.05. The van der Waals surface area contributed by atoms with Crippen LogP contribution in [0.2, 0.25) is 0 Å². The van der Waals surface area contributed by atoms with Crippen molar-refractivity contribution in [2.75, 3.05) is 31.2 Å². The second-order valence-corrected chi connectivity index (χ2v) is 8.29. The van der Waals surface area contributed by atoms with E-state index in [2.05, 4.69) is 25.8 Å². The highest BCUT2D eigenvalue weighted by Gasteiger charge is 2.35. The smallest absolute Gasteiger partial charge is 0.263 e. The van der Waals surface area contributed by atoms with Crippen molar-refractivity contribution in [2.24, 2.45) is 5.92 Å². The maximum absolute atomic E-state index is 12.8. The fraction of sp³-hybridized carbons (Fsp3) is 0.409. The molecule has 0 unspecified atom stereocenters. The lowest BCUT2D eigenvalue weighted by molar-refractivity contribution is -0.129. The van der Waals surface area contributed by atoms with Gasteiger partial charge in [-0.3, -0.25) is 4.79 Å². The molecule has 0 radical (unpaired) electrons. The zero-order valence-electron chi connectivity index (χ0n) is 18.4. The van der Waals surface area contributed by atoms with Crippen LogP contribution in [0.1, 0.15) is 23.4 Å². The number of hydrogen-bond acceptors (Lipinski definition) is 8. The molecule has 1 N–H and O–H groups in total. The molecule has 2 aromatic heterocycles. The van der Waals surface area contributed by atoms with Crippen LogP contribution < -0.4 is 15.0 Å². The summed E-state index contributed by atoms with van der Waals surface area (Å²) in [6.07, 6.45) is -2.53. The van der Waals surface area contributed by atoms with Crippen LogP contribution in [0.4, 0.5) is 14.6 Å². The molecule has 4 heterocycles. The lowest BCUT2D eigenvalue weighted by Crippen LogP contribution is -2.58. The van der Waals surface area contributed by atoms with Gasteiger partial charge in [0.05, 0.1) is 36.6 Å². The predicted molar refractivity (Wildman–Crippen MR) is 116 cm³/mol. The molecule has 2 fully saturated rings. The lowest BCUT2D eigenvalue weighted by atomic mass is 9.98. The number of amides is 1. The van der Waals surface area contributed by atoms with Crippen LogP contribution >= 0.6 is 0 Å². The number of ether oxygens (including phenoxy) is 2. The summed E-state index contributed by atoms with van der Waals surface area (Å²) in [6, 6.07) is 9.48. The summed E-state index contributed by atoms with van der Waals surface area (Å²) in [5.74, 6) is 0.972. The summed E-state index contributed by atoms with van der Waals surface area (Å²) in [5.41, 5.74) is 1.87. The van der Waals surface area contributed by atoms with E-state index >= 15 is 0 Å². The summed E-state index contributed by atoms with van der Waals surface area (Å²) in [7, 11) is 0. The zero-order chi connectivity index (χ0) is 23.7. The number of rotatable bonds is 8. The minimum atomic E-state index is -2.53. The van der Waals surface area contributed by atoms with Crippen molar-refractivity contribution in [3.8, 4) is 11.6 Å². The number of nitrogens with zero attached hydrogens (tertiary/aromatic N) is 6. The number of carbonyl (C=O) groups is 1. The minimum absolute atomic E-state index is 0.0434. The topological polar surface area (TPSA) is 107 Å². The van der Waals surface area contributed by atoms with E-state index in [-0.39, 0.29) is 30.0 Å². The third-order valence-corrected chi connectivity index (χ3v) is 5.89. The SMILES string of the molecule is Cc1nnn(-c2ccc(C(F)F)cc2)c1COc1ccc(N2CC(C(=O)NC3COC3)C2)nn1. The molecule has 2 aliphatic rings. The van der Waals surface area contributed by atoms with Crippen LogP contribution in [0.5, 0.6) is 5.88 Å². The highest BCUT2D eigenvalue weighted by molar-refractivity contribution is 5.82. The van der Waals surface area contributed by atoms with Gasteiger partial charge < -0.3 is 19.7 Å². The molecule has 34 heavy (non-hydrogen) atoms. The number of alkyl halides is 2. The van der Waals surface area contributed by atoms with Gasteiger partial charge in [0.1, 0.15) is 12.3 Å². The molecule has 1 amide bonds. The molecule has 5 rings (SSSR count). The molecule has 3 aromatic rings. The van der Waals surface area contributed by atoms with E-state index in [4.69, 9.17) is 9.47 Å². The van der Waals surface area contributed by atoms with E-state index in [0.29, 0.717) is 55.1 Å². The first kappa shape index (κ1) is 22.1. The van der Waals surface area contributed by atoms with Gasteiger partial charge >= 0.3 is 0 Å². The fourth-order valence-electron chi connectivity index (χ4n) is 3.68. The average molecular weight is 471 g/mol. The van der Waals surface area contributed by atoms with Gasteiger partial charge in [0.2, 0.25) is 11.8 Å². The molecular formula is C22H23F2N7O3. The molecular weight excluding hydrogens is 448 g/mol. The van der Waals surface area contributed by atoms with Crippen molar-refractivity contribution in [3.05, 3.63) is 53.3 Å². The van der Waals surface area contributed by atoms with Crippen LogP contribution in [0.25, 0.3) is 5.69 Å². The summed E-state index contributed by atoms with van der Waals surface area (Å²) in [4.78, 5) is 14.1. The summed E-state index contributed by atoms with van der Waals surface area (Å²) in [6.45, 7) is 4.25. The molecule has 0 spiro atoms. The summed E-state index contributed by atoms with van der Waals surface area (Å²) >= 11 is 0. The molecule has 10 nitrogen and oxygen atoms in total. The van der Waals surface area contributed by atoms with Gasteiger partial charge in [-0.25, -0.2) is 13.5 Å². The van der Waals surface area contributed by atoms with Crippen molar-refractivity contribution in [1.82, 2.24) is 30.5 Å². The number of anilines is 1. The Labute approximate surface area is 193 Å². The molecule has 0 bridgehead atoms. The van der Waals surface area contributed by atoms with Gasteiger partial charge in [0.15, 0.2) is 5.82 Å². The maximum atomic E-state index is 12.8. The van der Waals surface area contributed by atoms with Crippen LogP contribution in [-0.4, -0.2) is 63.4 Å². The second-order valence-electron chi connectivity index (χ2n) is 8.29. The Morgan fingerprint density at radius 2 is 1.91 bits per heavy atom. The van der Waals surface area contributed by atoms with E-state index in [1.165, 1.54) is 12.1 Å². The monoisotopic (exact) mass is 471 g/mol. The van der Waals surface area contributed by atoms with Crippen LogP contribution in [0.15, 0.2) is 36.4 Å². The van der Waals surface area contributed by atoms with Gasteiger partial charge in [-0.1, -0.05) is 17.3 Å². The number of aryl methyl sites for hydroxylation is 1. The Balaban J connectivity index is 1.17. The Morgan fingerprint density at radius 3 is 2.53 bits per heavy atom. The quantitative estimate of drug-likeness (QED) is 0.530. The zero-order valence-corrected chi connectivity index (χ0v) is 18.4. The molecule has 0 saturated carbocycles. The molecule has 2 aliphatic heterocycles. The van der Waals surface area contributed by atoms with Crippen molar-refractivity contribution >= 4 is 11.7 Å². The van der Waals surface area contributed by atoms with Gasteiger partial charge in [-0.05, 0) is 25.1 Å². The molecule has 12 heteroatoms. The summed E-state index contributed by atoms with van der Waals surface area (Å²) in [5, 5.41) is 19.5. The van der Waals surface area contributed by atoms with Gasteiger partial charge in [0, 0.05) is 24.7 Å². The van der Waals surface area contributed by atoms with E-state index in [1.54, 1.807) is 35.9 Å². The number of hydrogen-bond donors (Lipinski definition) is 1. The van der Waals surface area contributed by atoms with Crippen LogP contribution in [0.3, 0.4) is 0 Å². The largest absolute Gasteiger partial charge is 0.470 e. The predicted octanol–water partition coefficient (Wildman–Crippen LogP) is 1.83. The first-order valence-electron chi connectivity index (χ1n) is 10.9. The van der Waals surface area contributed by atoms with E-state index in [9.17, 15) is 13.6 Å². The Morgan fingerprint density at radius 1 is 1.15 bits per heavy atom. The average Bonchev–Trinajstić information content (AvgIpc) is 3.15. The van der Waals surface area contributed by atoms with Gasteiger partial charge in [0.25, 0.3) is 6.43 Å².